The van der Waals surface area contributed by atoms with Gasteiger partial charge in [0.25, 0.3) is 0 Å². The molecule has 0 aromatic carbocycles. The van der Waals surface area contributed by atoms with E-state index in [9.17, 15) is 0 Å². The molecule has 0 aromatic heterocycles. The number of hydrazine groups is 1. The second-order valence-electron chi connectivity index (χ2n) is 8.37. The van der Waals surface area contributed by atoms with Crippen molar-refractivity contribution in [2.45, 2.75) is 63.8 Å². The first-order valence-electron chi connectivity index (χ1n) is 8.80. The maximum Gasteiger partial charge on any atom is 0.0509 e. The van der Waals surface area contributed by atoms with E-state index in [1.165, 1.54) is 57.8 Å². The van der Waals surface area contributed by atoms with Crippen LogP contribution >= 0.6 is 0 Å². The second kappa shape index (κ2) is 5.26. The maximum atomic E-state index is 5.93. The Hall–Kier alpha value is -0.120. The molecule has 0 amide bonds. The first kappa shape index (κ1) is 13.5. The van der Waals surface area contributed by atoms with Crippen LogP contribution in [-0.2, 0) is 4.74 Å². The molecule has 4 saturated carbocycles. The first-order chi connectivity index (χ1) is 9.76. The summed E-state index contributed by atoms with van der Waals surface area (Å²) < 4.78 is 5.69. The molecule has 4 aliphatic carbocycles. The predicted molar refractivity (Wildman–Crippen MR) is 79.9 cm³/mol. The topological polar surface area (TPSA) is 47.3 Å². The van der Waals surface area contributed by atoms with E-state index in [1.807, 2.05) is 0 Å². The molecule has 1 heterocycles. The van der Waals surface area contributed by atoms with Crippen molar-refractivity contribution in [2.75, 3.05) is 13.2 Å². The molecule has 4 bridgehead atoms. The second-order valence-corrected chi connectivity index (χ2v) is 8.37. The Morgan fingerprint density at radius 1 is 1.10 bits per heavy atom. The van der Waals surface area contributed by atoms with Crippen molar-refractivity contribution in [3.8, 4) is 0 Å². The Bertz CT molecular complexity index is 316. The zero-order valence-electron chi connectivity index (χ0n) is 12.7. The van der Waals surface area contributed by atoms with Crippen molar-refractivity contribution < 1.29 is 4.74 Å². The third-order valence-electron chi connectivity index (χ3n) is 6.80. The lowest BCUT2D eigenvalue weighted by Gasteiger charge is -2.58. The van der Waals surface area contributed by atoms with Gasteiger partial charge in [0.2, 0.25) is 0 Å². The molecule has 5 aliphatic rings. The number of ether oxygens (including phenoxy) is 1. The molecule has 5 fully saturated rings. The maximum absolute atomic E-state index is 5.93. The van der Waals surface area contributed by atoms with Gasteiger partial charge in [0.15, 0.2) is 0 Å². The minimum Gasteiger partial charge on any atom is -0.381 e. The van der Waals surface area contributed by atoms with Gasteiger partial charge in [-0.1, -0.05) is 0 Å². The summed E-state index contributed by atoms with van der Waals surface area (Å²) >= 11 is 0. The van der Waals surface area contributed by atoms with Crippen LogP contribution in [-0.4, -0.2) is 19.3 Å². The molecule has 114 valence electrons. The molecule has 2 unspecified atom stereocenters. The Labute approximate surface area is 123 Å². The summed E-state index contributed by atoms with van der Waals surface area (Å²) in [6.45, 7) is 1.87. The third kappa shape index (κ3) is 2.42. The Kier molecular flexibility index (Phi) is 3.56. The lowest BCUT2D eigenvalue weighted by atomic mass is 9.48. The molecule has 0 spiro atoms. The zero-order chi connectivity index (χ0) is 13.6. The van der Waals surface area contributed by atoms with E-state index < -0.39 is 0 Å². The van der Waals surface area contributed by atoms with Crippen LogP contribution in [0, 0.1) is 29.1 Å². The van der Waals surface area contributed by atoms with Crippen LogP contribution in [0.4, 0.5) is 0 Å². The van der Waals surface area contributed by atoms with Crippen LogP contribution in [0.3, 0.4) is 0 Å². The van der Waals surface area contributed by atoms with Gasteiger partial charge in [-0.2, -0.15) is 0 Å². The van der Waals surface area contributed by atoms with E-state index in [4.69, 9.17) is 10.6 Å². The Balaban J connectivity index is 1.46. The number of rotatable bonds is 4. The third-order valence-corrected chi connectivity index (χ3v) is 6.80. The van der Waals surface area contributed by atoms with Crippen LogP contribution in [0.25, 0.3) is 0 Å². The van der Waals surface area contributed by atoms with E-state index >= 15 is 0 Å². The normalized spacial score (nSPS) is 48.5. The van der Waals surface area contributed by atoms with Crippen LogP contribution in [0.5, 0.6) is 0 Å². The smallest absolute Gasteiger partial charge is 0.0509 e. The van der Waals surface area contributed by atoms with Gasteiger partial charge in [0.05, 0.1) is 6.61 Å². The van der Waals surface area contributed by atoms with Gasteiger partial charge in [-0.25, -0.2) is 0 Å². The van der Waals surface area contributed by atoms with Crippen LogP contribution in [0.1, 0.15) is 57.8 Å². The zero-order valence-corrected chi connectivity index (χ0v) is 12.7. The fourth-order valence-corrected chi connectivity index (χ4v) is 6.45. The molecular formula is C17H30N2O. The number of nitrogens with two attached hydrogens (primary N) is 1. The van der Waals surface area contributed by atoms with Crippen molar-refractivity contribution in [3.63, 3.8) is 0 Å². The van der Waals surface area contributed by atoms with Gasteiger partial charge in [-0.3, -0.25) is 11.3 Å². The molecule has 5 rings (SSSR count). The van der Waals surface area contributed by atoms with Gasteiger partial charge in [0, 0.05) is 12.6 Å². The summed E-state index contributed by atoms with van der Waals surface area (Å²) in [7, 11) is 0. The molecule has 0 radical (unpaired) electrons. The van der Waals surface area contributed by atoms with Gasteiger partial charge in [-0.05, 0) is 86.9 Å². The molecular weight excluding hydrogens is 248 g/mol. The van der Waals surface area contributed by atoms with E-state index in [0.29, 0.717) is 17.4 Å². The number of nitrogens with one attached hydrogen (secondary N) is 1. The van der Waals surface area contributed by atoms with Crippen LogP contribution < -0.4 is 11.3 Å². The molecule has 2 atom stereocenters. The highest BCUT2D eigenvalue weighted by Gasteiger charge is 2.51. The van der Waals surface area contributed by atoms with Crippen molar-refractivity contribution in [1.29, 1.82) is 0 Å². The fourth-order valence-electron chi connectivity index (χ4n) is 6.45. The predicted octanol–water partition coefficient (Wildman–Crippen LogP) is 2.85. The molecule has 20 heavy (non-hydrogen) atoms. The largest absolute Gasteiger partial charge is 0.381 e. The monoisotopic (exact) mass is 278 g/mol. The van der Waals surface area contributed by atoms with Gasteiger partial charge >= 0.3 is 0 Å². The summed E-state index contributed by atoms with van der Waals surface area (Å²) in [4.78, 5) is 0. The van der Waals surface area contributed by atoms with Crippen LogP contribution in [0.2, 0.25) is 0 Å². The summed E-state index contributed by atoms with van der Waals surface area (Å²) in [6, 6.07) is 0.478. The standard InChI is InChI=1S/C17H30N2O/c18-19-16(15-2-1-3-20-11-15)10-17-7-12-4-13(8-17)6-14(5-12)9-17/h12-16,19H,1-11,18H2. The number of hydrogen-bond acceptors (Lipinski definition) is 3. The van der Waals surface area contributed by atoms with E-state index in [2.05, 4.69) is 5.43 Å². The average molecular weight is 278 g/mol. The SMILES string of the molecule is NNC(CC12CC3CC(CC(C3)C1)C2)C1CCCOC1. The van der Waals surface area contributed by atoms with Gasteiger partial charge in [-0.15, -0.1) is 0 Å². The summed E-state index contributed by atoms with van der Waals surface area (Å²) in [6.07, 6.45) is 12.9. The highest BCUT2D eigenvalue weighted by Crippen LogP contribution is 2.61. The lowest BCUT2D eigenvalue weighted by Crippen LogP contribution is -2.52. The fraction of sp³-hybridized carbons (Fsp3) is 1.00. The molecule has 3 N–H and O–H groups in total. The van der Waals surface area contributed by atoms with Crippen molar-refractivity contribution in [3.05, 3.63) is 0 Å². The van der Waals surface area contributed by atoms with E-state index in [0.717, 1.165) is 31.0 Å². The van der Waals surface area contributed by atoms with Crippen molar-refractivity contribution in [2.24, 2.45) is 34.9 Å². The minimum atomic E-state index is 0.478. The van der Waals surface area contributed by atoms with E-state index in [1.54, 1.807) is 0 Å². The van der Waals surface area contributed by atoms with Crippen LogP contribution in [0.15, 0.2) is 0 Å². The molecule has 3 heteroatoms. The Morgan fingerprint density at radius 3 is 2.25 bits per heavy atom. The van der Waals surface area contributed by atoms with Crippen molar-refractivity contribution in [1.82, 2.24) is 5.43 Å². The highest BCUT2D eigenvalue weighted by atomic mass is 16.5. The van der Waals surface area contributed by atoms with Crippen molar-refractivity contribution >= 4 is 0 Å². The first-order valence-corrected chi connectivity index (χ1v) is 8.80. The highest BCUT2D eigenvalue weighted by molar-refractivity contribution is 5.03. The van der Waals surface area contributed by atoms with Gasteiger partial charge < -0.3 is 4.74 Å². The molecule has 1 aliphatic heterocycles. The average Bonchev–Trinajstić information content (AvgIpc) is 2.44. The summed E-state index contributed by atoms with van der Waals surface area (Å²) in [5, 5.41) is 0. The van der Waals surface area contributed by atoms with Gasteiger partial charge in [0.1, 0.15) is 0 Å². The Morgan fingerprint density at radius 2 is 1.75 bits per heavy atom. The minimum absolute atomic E-state index is 0.478. The molecule has 0 aromatic rings. The molecule has 1 saturated heterocycles. The lowest BCUT2D eigenvalue weighted by molar-refractivity contribution is -0.0700. The summed E-state index contributed by atoms with van der Waals surface area (Å²) in [5.41, 5.74) is 3.79. The molecule has 3 nitrogen and oxygen atoms in total. The van der Waals surface area contributed by atoms with E-state index in [-0.39, 0.29) is 0 Å². The summed E-state index contributed by atoms with van der Waals surface area (Å²) in [5.74, 6) is 9.70. The quantitative estimate of drug-likeness (QED) is 0.614. The number of hydrogen-bond donors (Lipinski definition) is 2.